The summed E-state index contributed by atoms with van der Waals surface area (Å²) in [5.41, 5.74) is 0.736. The Labute approximate surface area is 189 Å². The molecule has 7 nitrogen and oxygen atoms in total. The van der Waals surface area contributed by atoms with E-state index >= 15 is 0 Å². The van der Waals surface area contributed by atoms with Crippen LogP contribution in [-0.4, -0.2) is 41.5 Å². The summed E-state index contributed by atoms with van der Waals surface area (Å²) in [4.78, 5) is 29.4. The Balaban J connectivity index is 1.78. The minimum Gasteiger partial charge on any atom is -0.464 e. The molecular formula is C25H32N2O5. The van der Waals surface area contributed by atoms with Gasteiger partial charge < -0.3 is 23.7 Å². The first-order valence-electron chi connectivity index (χ1n) is 10.7. The zero-order valence-electron chi connectivity index (χ0n) is 19.3. The fourth-order valence-electron chi connectivity index (χ4n) is 3.49. The lowest BCUT2D eigenvalue weighted by molar-refractivity contribution is -0.142. The van der Waals surface area contributed by atoms with Gasteiger partial charge in [-0.2, -0.15) is 0 Å². The molecule has 0 saturated carbocycles. The van der Waals surface area contributed by atoms with Gasteiger partial charge in [0.1, 0.15) is 18.1 Å². The van der Waals surface area contributed by atoms with Crippen LogP contribution >= 0.6 is 0 Å². The zero-order valence-corrected chi connectivity index (χ0v) is 19.3. The van der Waals surface area contributed by atoms with Crippen LogP contribution in [0.3, 0.4) is 0 Å². The van der Waals surface area contributed by atoms with Crippen molar-refractivity contribution in [1.82, 2.24) is 9.80 Å². The number of fused-ring (bicyclic) bond motifs is 1. The van der Waals surface area contributed by atoms with Crippen molar-refractivity contribution < 1.29 is 23.5 Å². The largest absolute Gasteiger partial charge is 0.464 e. The number of rotatable bonds is 9. The Morgan fingerprint density at radius 2 is 1.78 bits per heavy atom. The average Bonchev–Trinajstić information content (AvgIpc) is 3.34. The molecule has 0 bridgehead atoms. The van der Waals surface area contributed by atoms with Crippen LogP contribution in [0, 0.1) is 12.3 Å². The second-order valence-electron chi connectivity index (χ2n) is 9.25. The molecular weight excluding hydrogens is 408 g/mol. The second kappa shape index (κ2) is 9.94. The lowest BCUT2D eigenvalue weighted by Crippen LogP contribution is -2.43. The van der Waals surface area contributed by atoms with Gasteiger partial charge in [0.2, 0.25) is 18.6 Å². The molecule has 2 aromatic rings. The Morgan fingerprint density at radius 3 is 2.44 bits per heavy atom. The average molecular weight is 441 g/mol. The van der Waals surface area contributed by atoms with Gasteiger partial charge in [-0.15, -0.1) is 6.58 Å². The maximum Gasteiger partial charge on any atom is 0.242 e. The zero-order chi connectivity index (χ0) is 23.3. The molecule has 0 saturated heterocycles. The number of carbonyl (C=O) groups excluding carboxylic acids is 2. The van der Waals surface area contributed by atoms with E-state index in [1.165, 1.54) is 0 Å². The molecule has 0 unspecified atom stereocenters. The van der Waals surface area contributed by atoms with E-state index in [1.807, 2.05) is 58.0 Å². The molecule has 0 fully saturated rings. The van der Waals surface area contributed by atoms with Gasteiger partial charge >= 0.3 is 0 Å². The second-order valence-corrected chi connectivity index (χ2v) is 9.25. The summed E-state index contributed by atoms with van der Waals surface area (Å²) >= 11 is 0. The number of hydrogen-bond acceptors (Lipinski definition) is 5. The summed E-state index contributed by atoms with van der Waals surface area (Å²) < 4.78 is 16.6. The van der Waals surface area contributed by atoms with Crippen molar-refractivity contribution in [3.8, 4) is 11.5 Å². The number of nitrogens with zero attached hydrogens (tertiary/aromatic N) is 2. The van der Waals surface area contributed by atoms with Crippen LogP contribution in [-0.2, 0) is 22.7 Å². The lowest BCUT2D eigenvalue weighted by atomic mass is 9.91. The third-order valence-corrected chi connectivity index (χ3v) is 5.02. The summed E-state index contributed by atoms with van der Waals surface area (Å²) in [6, 6.07) is 9.36. The summed E-state index contributed by atoms with van der Waals surface area (Å²) in [5.74, 6) is 2.59. The van der Waals surface area contributed by atoms with Crippen molar-refractivity contribution in [3.05, 3.63) is 60.1 Å². The van der Waals surface area contributed by atoms with Gasteiger partial charge in [-0.3, -0.25) is 9.59 Å². The smallest absolute Gasteiger partial charge is 0.242 e. The minimum atomic E-state index is -0.169. The maximum atomic E-state index is 13.3. The summed E-state index contributed by atoms with van der Waals surface area (Å²) in [6.45, 7) is 12.8. The third-order valence-electron chi connectivity index (χ3n) is 5.02. The lowest BCUT2D eigenvalue weighted by Gasteiger charge is -2.29. The first kappa shape index (κ1) is 23.4. The summed E-state index contributed by atoms with van der Waals surface area (Å²) in [5, 5.41) is 0. The van der Waals surface area contributed by atoms with Gasteiger partial charge in [0.25, 0.3) is 0 Å². The first-order valence-corrected chi connectivity index (χ1v) is 10.7. The molecule has 1 aliphatic rings. The van der Waals surface area contributed by atoms with E-state index in [9.17, 15) is 9.59 Å². The van der Waals surface area contributed by atoms with E-state index in [0.29, 0.717) is 43.3 Å². The van der Waals surface area contributed by atoms with E-state index in [4.69, 9.17) is 13.9 Å². The van der Waals surface area contributed by atoms with Crippen LogP contribution in [0.2, 0.25) is 0 Å². The minimum absolute atomic E-state index is 0.0226. The molecule has 0 spiro atoms. The first-order chi connectivity index (χ1) is 15.1. The van der Waals surface area contributed by atoms with Crippen LogP contribution in [0.25, 0.3) is 0 Å². The highest BCUT2D eigenvalue weighted by atomic mass is 16.7. The highest BCUT2D eigenvalue weighted by molar-refractivity contribution is 5.85. The van der Waals surface area contributed by atoms with Gasteiger partial charge in [-0.25, -0.2) is 0 Å². The maximum absolute atomic E-state index is 13.3. The summed E-state index contributed by atoms with van der Waals surface area (Å²) in [7, 11) is 0. The molecule has 2 heterocycles. The molecule has 1 aromatic carbocycles. The van der Waals surface area contributed by atoms with Crippen molar-refractivity contribution >= 4 is 11.8 Å². The number of hydrogen-bond donors (Lipinski definition) is 0. The van der Waals surface area contributed by atoms with Crippen molar-refractivity contribution in [3.63, 3.8) is 0 Å². The van der Waals surface area contributed by atoms with E-state index < -0.39 is 0 Å². The molecule has 0 radical (unpaired) electrons. The van der Waals surface area contributed by atoms with Crippen LogP contribution in [0.5, 0.6) is 11.5 Å². The molecule has 3 rings (SSSR count). The predicted octanol–water partition coefficient (Wildman–Crippen LogP) is 4.30. The molecule has 1 aromatic heterocycles. The molecule has 7 heteroatoms. The van der Waals surface area contributed by atoms with Gasteiger partial charge in [0, 0.05) is 19.5 Å². The number of carbonyl (C=O) groups is 2. The number of aryl methyl sites for hydroxylation is 1. The highest BCUT2D eigenvalue weighted by Crippen LogP contribution is 2.33. The molecule has 0 atom stereocenters. The Bertz CT molecular complexity index is 973. The van der Waals surface area contributed by atoms with Gasteiger partial charge in [-0.05, 0) is 42.2 Å². The van der Waals surface area contributed by atoms with E-state index in [-0.39, 0.29) is 30.6 Å². The monoisotopic (exact) mass is 440 g/mol. The highest BCUT2D eigenvalue weighted by Gasteiger charge is 2.25. The number of amides is 2. The number of furan rings is 1. The van der Waals surface area contributed by atoms with Gasteiger partial charge in [0.15, 0.2) is 11.5 Å². The standard InChI is InChI=1S/C25H32N2O5/c1-6-11-26(23(28)13-25(3,4)5)16-24(29)27(15-20-9-7-18(2)32-20)14-19-8-10-21-22(12-19)31-17-30-21/h6-10,12H,1,11,13-17H2,2-5H3. The van der Waals surface area contributed by atoms with Crippen molar-refractivity contribution in [2.24, 2.45) is 5.41 Å². The Hall–Kier alpha value is -3.22. The molecule has 2 amide bonds. The fourth-order valence-corrected chi connectivity index (χ4v) is 3.49. The Kier molecular flexibility index (Phi) is 7.28. The van der Waals surface area contributed by atoms with E-state index in [0.717, 1.165) is 11.3 Å². The van der Waals surface area contributed by atoms with Crippen LogP contribution in [0.15, 0.2) is 47.4 Å². The summed E-state index contributed by atoms with van der Waals surface area (Å²) in [6.07, 6.45) is 2.00. The molecule has 172 valence electrons. The quantitative estimate of drug-likeness (QED) is 0.544. The molecule has 0 N–H and O–H groups in total. The van der Waals surface area contributed by atoms with Crippen molar-refractivity contribution in [2.45, 2.75) is 47.2 Å². The number of ether oxygens (including phenoxy) is 2. The van der Waals surface area contributed by atoms with Gasteiger partial charge in [0.05, 0.1) is 6.54 Å². The van der Waals surface area contributed by atoms with Crippen molar-refractivity contribution in [1.29, 1.82) is 0 Å². The van der Waals surface area contributed by atoms with Crippen LogP contribution in [0.1, 0.15) is 44.3 Å². The fraction of sp³-hybridized carbons (Fsp3) is 0.440. The van der Waals surface area contributed by atoms with E-state index in [2.05, 4.69) is 6.58 Å². The van der Waals surface area contributed by atoms with E-state index in [1.54, 1.807) is 15.9 Å². The van der Waals surface area contributed by atoms with Gasteiger partial charge in [-0.1, -0.05) is 32.9 Å². The normalized spacial score (nSPS) is 12.5. The molecule has 32 heavy (non-hydrogen) atoms. The molecule has 1 aliphatic heterocycles. The third kappa shape index (κ3) is 6.39. The molecule has 0 aliphatic carbocycles. The number of benzene rings is 1. The topological polar surface area (TPSA) is 72.2 Å². The van der Waals surface area contributed by atoms with Crippen LogP contribution < -0.4 is 9.47 Å². The SMILES string of the molecule is C=CCN(CC(=O)N(Cc1ccc2c(c1)OCO2)Cc1ccc(C)o1)C(=O)CC(C)(C)C. The predicted molar refractivity (Wildman–Crippen MR) is 121 cm³/mol. The van der Waals surface area contributed by atoms with Crippen LogP contribution in [0.4, 0.5) is 0 Å². The Morgan fingerprint density at radius 1 is 1.03 bits per heavy atom. The van der Waals surface area contributed by atoms with Crippen molar-refractivity contribution in [2.75, 3.05) is 19.9 Å².